The average Bonchev–Trinajstić information content (AvgIpc) is 3.90. The highest BCUT2D eigenvalue weighted by Gasteiger charge is 2.23. The maximum Gasteiger partial charge on any atom is 0.136 e. The number of fused-ring (bicyclic) bond motifs is 10. The van der Waals surface area contributed by atoms with E-state index in [4.69, 9.17) is 4.42 Å². The summed E-state index contributed by atoms with van der Waals surface area (Å²) in [5.41, 5.74) is 16.5. The summed E-state index contributed by atoms with van der Waals surface area (Å²) < 4.78 is 6.45. The monoisotopic (exact) mass is 974 g/mol. The van der Waals surface area contributed by atoms with Crippen LogP contribution >= 0.6 is 0 Å². The summed E-state index contributed by atoms with van der Waals surface area (Å²) in [4.78, 5) is 0. The van der Waals surface area contributed by atoms with Crippen LogP contribution in [0.3, 0.4) is 0 Å². The van der Waals surface area contributed by atoms with Crippen LogP contribution in [0.2, 0.25) is 0 Å². The van der Waals surface area contributed by atoms with Crippen LogP contribution in [0.15, 0.2) is 283 Å². The maximum atomic E-state index is 6.45. The zero-order chi connectivity index (χ0) is 50.6. The number of para-hydroxylation sites is 1. The van der Waals surface area contributed by atoms with E-state index in [1.165, 1.54) is 142 Å². The van der Waals surface area contributed by atoms with E-state index in [2.05, 4.69) is 273 Å². The maximum absolute atomic E-state index is 6.45. The molecule has 0 amide bonds. The first kappa shape index (κ1) is 43.3. The van der Waals surface area contributed by atoms with Crippen molar-refractivity contribution < 1.29 is 4.42 Å². The highest BCUT2D eigenvalue weighted by Crippen LogP contribution is 2.50. The van der Waals surface area contributed by atoms with Crippen LogP contribution in [0.25, 0.3) is 164 Å². The van der Waals surface area contributed by atoms with Crippen molar-refractivity contribution in [2.24, 2.45) is 0 Å². The van der Waals surface area contributed by atoms with Gasteiger partial charge in [-0.3, -0.25) is 0 Å². The highest BCUT2D eigenvalue weighted by molar-refractivity contribution is 6.28. The van der Waals surface area contributed by atoms with Crippen LogP contribution in [0.5, 0.6) is 0 Å². The summed E-state index contributed by atoms with van der Waals surface area (Å²) in [6.45, 7) is 0. The van der Waals surface area contributed by atoms with Gasteiger partial charge in [-0.05, 0) is 173 Å². The van der Waals surface area contributed by atoms with E-state index in [1.54, 1.807) is 0 Å². The van der Waals surface area contributed by atoms with Crippen molar-refractivity contribution in [1.29, 1.82) is 0 Å². The van der Waals surface area contributed by atoms with Crippen LogP contribution in [0, 0.1) is 0 Å². The van der Waals surface area contributed by atoms with E-state index in [1.807, 2.05) is 6.07 Å². The second-order valence-electron chi connectivity index (χ2n) is 20.5. The lowest BCUT2D eigenvalue weighted by molar-refractivity contribution is 0.669. The molecule has 0 N–H and O–H groups in total. The third-order valence-electron chi connectivity index (χ3n) is 16.4. The Morgan fingerprint density at radius 1 is 0.182 bits per heavy atom. The second-order valence-corrected chi connectivity index (χ2v) is 20.5. The molecule has 0 fully saturated rings. The van der Waals surface area contributed by atoms with Crippen molar-refractivity contribution in [3.8, 4) is 66.8 Å². The first-order chi connectivity index (χ1) is 38.2. The number of hydrogen-bond donors (Lipinski definition) is 0. The third-order valence-corrected chi connectivity index (χ3v) is 16.4. The van der Waals surface area contributed by atoms with Gasteiger partial charge in [0.15, 0.2) is 0 Å². The number of rotatable bonds is 6. The predicted molar refractivity (Wildman–Crippen MR) is 329 cm³/mol. The standard InChI is InChI=1S/C76H46O/c1-2-24-54-47(18-1)19-15-35-56(54)73-59-27-5-3-25-57(59)72(58-26-4-6-28-60(58)73)53-23-13-22-52(44-53)55-34-14-20-48-40-42-50(45-68(48)55)51-43-41-49-21-16-36-65(69(49)46-51)74-61-29-7-9-31-63(61)75(64-32-10-8-30-62(64)74)67-37-17-39-71-76(67)66-33-11-12-38-70(66)77-71/h1-46H. The van der Waals surface area contributed by atoms with E-state index >= 15 is 0 Å². The molecular weight excluding hydrogens is 929 g/mol. The van der Waals surface area contributed by atoms with Gasteiger partial charge in [-0.1, -0.05) is 249 Å². The molecule has 0 saturated heterocycles. The molecule has 16 aromatic rings. The van der Waals surface area contributed by atoms with Crippen LogP contribution in [-0.4, -0.2) is 0 Å². The number of benzene rings is 15. The van der Waals surface area contributed by atoms with E-state index in [9.17, 15) is 0 Å². The molecule has 1 heterocycles. The average molecular weight is 975 g/mol. The molecule has 0 saturated carbocycles. The van der Waals surface area contributed by atoms with Gasteiger partial charge < -0.3 is 4.42 Å². The van der Waals surface area contributed by atoms with E-state index < -0.39 is 0 Å². The lowest BCUT2D eigenvalue weighted by Crippen LogP contribution is -1.92. The Morgan fingerprint density at radius 3 is 1.12 bits per heavy atom. The van der Waals surface area contributed by atoms with Gasteiger partial charge in [0.05, 0.1) is 0 Å². The van der Waals surface area contributed by atoms with Gasteiger partial charge in [0.25, 0.3) is 0 Å². The minimum absolute atomic E-state index is 0.901. The zero-order valence-corrected chi connectivity index (χ0v) is 42.0. The first-order valence-corrected chi connectivity index (χ1v) is 26.6. The zero-order valence-electron chi connectivity index (χ0n) is 42.0. The minimum Gasteiger partial charge on any atom is -0.456 e. The van der Waals surface area contributed by atoms with Crippen LogP contribution < -0.4 is 0 Å². The molecule has 0 aliphatic heterocycles. The van der Waals surface area contributed by atoms with Crippen molar-refractivity contribution >= 4 is 97.3 Å². The Labute approximate surface area is 445 Å². The van der Waals surface area contributed by atoms with Gasteiger partial charge in [0.2, 0.25) is 0 Å². The Morgan fingerprint density at radius 2 is 0.545 bits per heavy atom. The molecule has 0 unspecified atom stereocenters. The molecule has 16 rings (SSSR count). The number of furan rings is 1. The Hall–Kier alpha value is -10.1. The number of hydrogen-bond acceptors (Lipinski definition) is 1. The molecule has 1 nitrogen and oxygen atoms in total. The van der Waals surface area contributed by atoms with E-state index in [0.29, 0.717) is 0 Å². The second kappa shape index (κ2) is 17.2. The van der Waals surface area contributed by atoms with Gasteiger partial charge >= 0.3 is 0 Å². The fourth-order valence-corrected chi connectivity index (χ4v) is 13.1. The summed E-state index contributed by atoms with van der Waals surface area (Å²) in [7, 11) is 0. The highest BCUT2D eigenvalue weighted by atomic mass is 16.3. The van der Waals surface area contributed by atoms with Gasteiger partial charge in [-0.2, -0.15) is 0 Å². The molecule has 0 radical (unpaired) electrons. The van der Waals surface area contributed by atoms with Crippen LogP contribution in [0.4, 0.5) is 0 Å². The van der Waals surface area contributed by atoms with Crippen molar-refractivity contribution in [2.45, 2.75) is 0 Å². The summed E-state index contributed by atoms with van der Waals surface area (Å²) in [6, 6.07) is 103. The summed E-state index contributed by atoms with van der Waals surface area (Å²) in [6.07, 6.45) is 0. The van der Waals surface area contributed by atoms with Crippen LogP contribution in [-0.2, 0) is 0 Å². The Bertz CT molecular complexity index is 4990. The molecule has 1 heteroatoms. The van der Waals surface area contributed by atoms with Crippen molar-refractivity contribution in [3.05, 3.63) is 279 Å². The molecule has 0 bridgehead atoms. The normalized spacial score (nSPS) is 11.9. The quantitative estimate of drug-likeness (QED) is 0.151. The molecule has 356 valence electrons. The van der Waals surface area contributed by atoms with Crippen LogP contribution in [0.1, 0.15) is 0 Å². The lowest BCUT2D eigenvalue weighted by Gasteiger charge is -2.19. The molecule has 0 aliphatic rings. The van der Waals surface area contributed by atoms with Gasteiger partial charge in [-0.25, -0.2) is 0 Å². The van der Waals surface area contributed by atoms with E-state index in [-0.39, 0.29) is 0 Å². The van der Waals surface area contributed by atoms with Crippen molar-refractivity contribution in [1.82, 2.24) is 0 Å². The van der Waals surface area contributed by atoms with E-state index in [0.717, 1.165) is 21.9 Å². The summed E-state index contributed by atoms with van der Waals surface area (Å²) >= 11 is 0. The largest absolute Gasteiger partial charge is 0.456 e. The SMILES string of the molecule is c1cc(-c2cccc3ccc(-c4ccc5cccc(-c6c7ccccc7c(-c7cccc8oc9ccccc9c78)c7ccccc67)c5c4)cc23)cc(-c2c3ccccc3c(-c3cccc4ccccc34)c3ccccc23)c1. The Balaban J connectivity index is 0.846. The molecule has 1 aromatic heterocycles. The summed E-state index contributed by atoms with van der Waals surface area (Å²) in [5.74, 6) is 0. The topological polar surface area (TPSA) is 13.1 Å². The van der Waals surface area contributed by atoms with Crippen molar-refractivity contribution in [2.75, 3.05) is 0 Å². The molecule has 15 aromatic carbocycles. The smallest absolute Gasteiger partial charge is 0.136 e. The van der Waals surface area contributed by atoms with Gasteiger partial charge in [-0.15, -0.1) is 0 Å². The molecular formula is C76H46O. The first-order valence-electron chi connectivity index (χ1n) is 26.6. The fourth-order valence-electron chi connectivity index (χ4n) is 13.1. The lowest BCUT2D eigenvalue weighted by atomic mass is 9.83. The molecule has 0 spiro atoms. The third kappa shape index (κ3) is 6.74. The molecule has 0 aliphatic carbocycles. The molecule has 0 atom stereocenters. The van der Waals surface area contributed by atoms with Gasteiger partial charge in [0, 0.05) is 10.8 Å². The predicted octanol–water partition coefficient (Wildman–Crippen LogP) is 21.7. The van der Waals surface area contributed by atoms with Gasteiger partial charge in [0.1, 0.15) is 11.2 Å². The summed E-state index contributed by atoms with van der Waals surface area (Å²) in [5, 5.41) is 19.6. The molecule has 77 heavy (non-hydrogen) atoms. The minimum atomic E-state index is 0.901. The Kier molecular flexibility index (Phi) is 9.71. The fraction of sp³-hybridized carbons (Fsp3) is 0. The van der Waals surface area contributed by atoms with Crippen molar-refractivity contribution in [3.63, 3.8) is 0 Å².